The van der Waals surface area contributed by atoms with Gasteiger partial charge < -0.3 is 20.1 Å². The fraction of sp³-hybridized carbons (Fsp3) is 0.550. The fourth-order valence-corrected chi connectivity index (χ4v) is 3.49. The molecule has 1 aromatic carbocycles. The maximum atomic E-state index is 12.3. The minimum Gasteiger partial charge on any atom is -0.490 e. The summed E-state index contributed by atoms with van der Waals surface area (Å²) in [6.07, 6.45) is 9.13. The number of hydrogen-bond donors (Lipinski definition) is 1. The van der Waals surface area contributed by atoms with Crippen molar-refractivity contribution in [3.63, 3.8) is 0 Å². The van der Waals surface area contributed by atoms with E-state index in [1.165, 1.54) is 12.8 Å². The molecule has 0 bridgehead atoms. The van der Waals surface area contributed by atoms with Gasteiger partial charge in [-0.3, -0.25) is 4.79 Å². The molecule has 1 amide bonds. The largest absolute Gasteiger partial charge is 0.490 e. The normalized spacial score (nSPS) is 20.4. The summed E-state index contributed by atoms with van der Waals surface area (Å²) in [7, 11) is 0. The van der Waals surface area contributed by atoms with Gasteiger partial charge in [-0.25, -0.2) is 0 Å². The van der Waals surface area contributed by atoms with Crippen LogP contribution in [0.15, 0.2) is 24.3 Å². The van der Waals surface area contributed by atoms with E-state index in [4.69, 9.17) is 15.2 Å². The van der Waals surface area contributed by atoms with Crippen molar-refractivity contribution in [3.05, 3.63) is 29.8 Å². The number of nitrogens with zero attached hydrogens (tertiary/aromatic N) is 1. The maximum absolute atomic E-state index is 12.3. The van der Waals surface area contributed by atoms with Crippen LogP contribution in [0.5, 0.6) is 11.5 Å². The van der Waals surface area contributed by atoms with Gasteiger partial charge >= 0.3 is 0 Å². The van der Waals surface area contributed by atoms with E-state index in [9.17, 15) is 4.79 Å². The van der Waals surface area contributed by atoms with Crippen molar-refractivity contribution >= 4 is 24.4 Å². The molecule has 1 aliphatic heterocycles. The summed E-state index contributed by atoms with van der Waals surface area (Å²) >= 11 is 0. The molecule has 0 spiro atoms. The molecule has 2 N–H and O–H groups in total. The molecule has 1 atom stereocenters. The zero-order valence-corrected chi connectivity index (χ0v) is 16.2. The highest BCUT2D eigenvalue weighted by atomic mass is 35.5. The Bertz CT molecular complexity index is 629. The molecule has 0 radical (unpaired) electrons. The first-order valence-electron chi connectivity index (χ1n) is 9.32. The average molecular weight is 381 g/mol. The molecule has 1 heterocycles. The first kappa shape index (κ1) is 20.6. The smallest absolute Gasteiger partial charge is 0.246 e. The summed E-state index contributed by atoms with van der Waals surface area (Å²) in [6.45, 7) is 3.91. The molecule has 3 rings (SSSR count). The van der Waals surface area contributed by atoms with Crippen LogP contribution >= 0.6 is 12.4 Å². The van der Waals surface area contributed by atoms with Crippen molar-refractivity contribution in [2.45, 2.75) is 51.2 Å². The quantitative estimate of drug-likeness (QED) is 0.768. The van der Waals surface area contributed by atoms with Crippen molar-refractivity contribution in [3.8, 4) is 11.5 Å². The van der Waals surface area contributed by atoms with Gasteiger partial charge in [-0.1, -0.05) is 12.1 Å². The van der Waals surface area contributed by atoms with Gasteiger partial charge in [0.2, 0.25) is 5.91 Å². The number of benzene rings is 1. The van der Waals surface area contributed by atoms with Gasteiger partial charge in [0, 0.05) is 30.8 Å². The van der Waals surface area contributed by atoms with Crippen molar-refractivity contribution in [2.24, 2.45) is 5.73 Å². The summed E-state index contributed by atoms with van der Waals surface area (Å²) in [4.78, 5) is 14.1. The van der Waals surface area contributed by atoms with Gasteiger partial charge in [-0.05, 0) is 51.2 Å². The van der Waals surface area contributed by atoms with E-state index < -0.39 is 0 Å². The van der Waals surface area contributed by atoms with Gasteiger partial charge in [0.25, 0.3) is 0 Å². The third kappa shape index (κ3) is 5.15. The van der Waals surface area contributed by atoms with E-state index in [1.807, 2.05) is 31.2 Å². The molecule has 2 aliphatic rings. The summed E-state index contributed by atoms with van der Waals surface area (Å²) in [6, 6.07) is 5.92. The molecule has 0 aromatic heterocycles. The SMILES string of the molecule is CCOc1cccc(/C=C/C(=O)N2CC[C@H](N)C2)c1OC1CCCC1.Cl. The second-order valence-electron chi connectivity index (χ2n) is 6.80. The minimum absolute atomic E-state index is 0. The molecular formula is C20H29ClN2O3. The van der Waals surface area contributed by atoms with Gasteiger partial charge in [0.05, 0.1) is 12.7 Å². The van der Waals surface area contributed by atoms with E-state index in [0.717, 1.165) is 42.9 Å². The number of halogens is 1. The molecule has 5 nitrogen and oxygen atoms in total. The van der Waals surface area contributed by atoms with Gasteiger partial charge in [0.15, 0.2) is 11.5 Å². The molecule has 6 heteroatoms. The summed E-state index contributed by atoms with van der Waals surface area (Å²) < 4.78 is 12.0. The van der Waals surface area contributed by atoms with Crippen LogP contribution in [0.4, 0.5) is 0 Å². The van der Waals surface area contributed by atoms with Crippen LogP contribution in [0, 0.1) is 0 Å². The van der Waals surface area contributed by atoms with E-state index in [2.05, 4.69) is 0 Å². The molecule has 1 aliphatic carbocycles. The Morgan fingerprint density at radius 1 is 1.31 bits per heavy atom. The molecule has 144 valence electrons. The molecule has 0 unspecified atom stereocenters. The van der Waals surface area contributed by atoms with Gasteiger partial charge in [0.1, 0.15) is 0 Å². The predicted molar refractivity (Wildman–Crippen MR) is 106 cm³/mol. The van der Waals surface area contributed by atoms with Crippen LogP contribution in [-0.4, -0.2) is 42.6 Å². The number of ether oxygens (including phenoxy) is 2. The van der Waals surface area contributed by atoms with E-state index in [0.29, 0.717) is 13.2 Å². The first-order valence-corrected chi connectivity index (χ1v) is 9.32. The Hall–Kier alpha value is -1.72. The lowest BCUT2D eigenvalue weighted by Crippen LogP contribution is -2.30. The Labute approximate surface area is 161 Å². The average Bonchev–Trinajstić information content (AvgIpc) is 3.26. The predicted octanol–water partition coefficient (Wildman–Crippen LogP) is 3.40. The van der Waals surface area contributed by atoms with Gasteiger partial charge in [-0.15, -0.1) is 12.4 Å². The highest BCUT2D eigenvalue weighted by molar-refractivity contribution is 5.92. The second kappa shape index (κ2) is 9.83. The number of carbonyl (C=O) groups is 1. The van der Waals surface area contributed by atoms with Crippen LogP contribution in [-0.2, 0) is 4.79 Å². The number of rotatable bonds is 6. The Morgan fingerprint density at radius 3 is 2.73 bits per heavy atom. The third-order valence-electron chi connectivity index (χ3n) is 4.84. The monoisotopic (exact) mass is 380 g/mol. The lowest BCUT2D eigenvalue weighted by atomic mass is 10.1. The second-order valence-corrected chi connectivity index (χ2v) is 6.80. The molecule has 2 fully saturated rings. The first-order chi connectivity index (χ1) is 12.2. The third-order valence-corrected chi connectivity index (χ3v) is 4.84. The molecule has 26 heavy (non-hydrogen) atoms. The van der Waals surface area contributed by atoms with E-state index in [-0.39, 0.29) is 30.5 Å². The molecule has 1 saturated carbocycles. The van der Waals surface area contributed by atoms with Crippen LogP contribution in [0.25, 0.3) is 6.08 Å². The topological polar surface area (TPSA) is 64.8 Å². The van der Waals surface area contributed by atoms with Crippen molar-refractivity contribution < 1.29 is 14.3 Å². The van der Waals surface area contributed by atoms with Crippen LogP contribution in [0.1, 0.15) is 44.6 Å². The summed E-state index contributed by atoms with van der Waals surface area (Å²) in [5, 5.41) is 0. The zero-order chi connectivity index (χ0) is 17.6. The molecule has 1 aromatic rings. The van der Waals surface area contributed by atoms with Crippen LogP contribution in [0.2, 0.25) is 0 Å². The number of likely N-dealkylation sites (tertiary alicyclic amines) is 1. The minimum atomic E-state index is 0. The van der Waals surface area contributed by atoms with Crippen molar-refractivity contribution in [1.82, 2.24) is 4.90 Å². The summed E-state index contributed by atoms with van der Waals surface area (Å²) in [5.41, 5.74) is 6.77. The van der Waals surface area contributed by atoms with Crippen molar-refractivity contribution in [1.29, 1.82) is 0 Å². The Kier molecular flexibility index (Phi) is 7.79. The highest BCUT2D eigenvalue weighted by Gasteiger charge is 2.23. The maximum Gasteiger partial charge on any atom is 0.246 e. The van der Waals surface area contributed by atoms with Gasteiger partial charge in [-0.2, -0.15) is 0 Å². The number of nitrogens with two attached hydrogens (primary N) is 1. The zero-order valence-electron chi connectivity index (χ0n) is 15.4. The number of para-hydroxylation sites is 1. The molecule has 1 saturated heterocycles. The lowest BCUT2D eigenvalue weighted by Gasteiger charge is -2.19. The van der Waals surface area contributed by atoms with E-state index in [1.54, 1.807) is 11.0 Å². The standard InChI is InChI=1S/C20H28N2O3.ClH/c1-2-24-18-9-5-6-15(20(18)25-17-7-3-4-8-17)10-11-19(23)22-13-12-16(21)14-22;/h5-6,9-11,16-17H,2-4,7-8,12-14,21H2,1H3;1H/b11-10+;/t16-;/m0./s1. The fourth-order valence-electron chi connectivity index (χ4n) is 3.49. The number of carbonyl (C=O) groups excluding carboxylic acids is 1. The Balaban J connectivity index is 0.00000243. The van der Waals surface area contributed by atoms with Crippen LogP contribution in [0.3, 0.4) is 0 Å². The van der Waals surface area contributed by atoms with E-state index >= 15 is 0 Å². The van der Waals surface area contributed by atoms with Crippen LogP contribution < -0.4 is 15.2 Å². The summed E-state index contributed by atoms with van der Waals surface area (Å²) in [5.74, 6) is 1.49. The number of amides is 1. The molecular weight excluding hydrogens is 352 g/mol. The Morgan fingerprint density at radius 2 is 2.08 bits per heavy atom. The van der Waals surface area contributed by atoms with Crippen molar-refractivity contribution in [2.75, 3.05) is 19.7 Å². The highest BCUT2D eigenvalue weighted by Crippen LogP contribution is 2.35. The number of hydrogen-bond acceptors (Lipinski definition) is 4. The lowest BCUT2D eigenvalue weighted by molar-refractivity contribution is -0.124.